The van der Waals surface area contributed by atoms with E-state index in [9.17, 15) is 13.2 Å². The molecular formula is C15H24N4O4S. The van der Waals surface area contributed by atoms with Gasteiger partial charge in [-0.15, -0.1) is 0 Å². The summed E-state index contributed by atoms with van der Waals surface area (Å²) in [6, 6.07) is -0.561. The first kappa shape index (κ1) is 17.2. The number of hydrogen-bond acceptors (Lipinski definition) is 6. The van der Waals surface area contributed by atoms with Crippen molar-refractivity contribution in [3.05, 3.63) is 17.7 Å². The molecule has 2 aliphatic heterocycles. The number of sulfone groups is 1. The molecule has 0 aromatic carbocycles. The number of carbonyl (C=O) groups excluding carboxylic acids is 1. The van der Waals surface area contributed by atoms with E-state index in [1.165, 1.54) is 0 Å². The SMILES string of the molecule is Cc1[nH]cnc1CN1CCN(C(=O)OC(C)C)[C@H]2CS(=O)(=O)C[C@H]21. The Kier molecular flexibility index (Phi) is 4.56. The van der Waals surface area contributed by atoms with Crippen molar-refractivity contribution in [3.8, 4) is 0 Å². The van der Waals surface area contributed by atoms with E-state index in [4.69, 9.17) is 4.74 Å². The smallest absolute Gasteiger partial charge is 0.410 e. The highest BCUT2D eigenvalue weighted by Crippen LogP contribution is 2.29. The first-order chi connectivity index (χ1) is 11.3. The van der Waals surface area contributed by atoms with Crippen molar-refractivity contribution < 1.29 is 17.9 Å². The fraction of sp³-hybridized carbons (Fsp3) is 0.733. The minimum atomic E-state index is -3.17. The Bertz CT molecular complexity index is 715. The van der Waals surface area contributed by atoms with Gasteiger partial charge in [-0.25, -0.2) is 18.2 Å². The van der Waals surface area contributed by atoms with Crippen molar-refractivity contribution in [2.75, 3.05) is 24.6 Å². The van der Waals surface area contributed by atoms with E-state index in [1.807, 2.05) is 6.92 Å². The minimum Gasteiger partial charge on any atom is -0.447 e. The largest absolute Gasteiger partial charge is 0.447 e. The van der Waals surface area contributed by atoms with Crippen LogP contribution in [0.3, 0.4) is 0 Å². The summed E-state index contributed by atoms with van der Waals surface area (Å²) in [5.41, 5.74) is 1.89. The van der Waals surface area contributed by atoms with Gasteiger partial charge in [0.05, 0.1) is 35.7 Å². The summed E-state index contributed by atoms with van der Waals surface area (Å²) in [6.07, 6.45) is 0.996. The average Bonchev–Trinajstić information content (AvgIpc) is 3.00. The van der Waals surface area contributed by atoms with Gasteiger partial charge in [-0.2, -0.15) is 0 Å². The number of ether oxygens (including phenoxy) is 1. The van der Waals surface area contributed by atoms with Crippen LogP contribution in [0.4, 0.5) is 4.79 Å². The lowest BCUT2D eigenvalue weighted by Crippen LogP contribution is -2.60. The van der Waals surface area contributed by atoms with Gasteiger partial charge in [0.15, 0.2) is 9.84 Å². The number of imidazole rings is 1. The molecule has 2 fully saturated rings. The van der Waals surface area contributed by atoms with E-state index in [2.05, 4.69) is 14.9 Å². The highest BCUT2D eigenvalue weighted by molar-refractivity contribution is 7.91. The third-order valence-corrected chi connectivity index (χ3v) is 6.35. The third kappa shape index (κ3) is 3.41. The Balaban J connectivity index is 1.80. The normalized spacial score (nSPS) is 26.6. The summed E-state index contributed by atoms with van der Waals surface area (Å²) in [5, 5.41) is 0. The van der Waals surface area contributed by atoms with Crippen molar-refractivity contribution in [2.24, 2.45) is 0 Å². The number of fused-ring (bicyclic) bond motifs is 1. The van der Waals surface area contributed by atoms with E-state index in [-0.39, 0.29) is 29.7 Å². The van der Waals surface area contributed by atoms with Gasteiger partial charge in [-0.3, -0.25) is 4.90 Å². The minimum absolute atomic E-state index is 0.000902. The summed E-state index contributed by atoms with van der Waals surface area (Å²) in [5.74, 6) is 0.0769. The number of nitrogens with zero attached hydrogens (tertiary/aromatic N) is 3. The third-order valence-electron chi connectivity index (χ3n) is 4.65. The maximum absolute atomic E-state index is 12.3. The Labute approximate surface area is 142 Å². The number of aromatic amines is 1. The van der Waals surface area contributed by atoms with Crippen LogP contribution in [0.2, 0.25) is 0 Å². The highest BCUT2D eigenvalue weighted by atomic mass is 32.2. The maximum atomic E-state index is 12.3. The summed E-state index contributed by atoms with van der Waals surface area (Å²) < 4.78 is 29.6. The van der Waals surface area contributed by atoms with E-state index in [0.717, 1.165) is 11.4 Å². The van der Waals surface area contributed by atoms with Crippen molar-refractivity contribution in [1.29, 1.82) is 0 Å². The van der Waals surface area contributed by atoms with Gasteiger partial charge in [0, 0.05) is 31.4 Å². The first-order valence-corrected chi connectivity index (χ1v) is 9.99. The van der Waals surface area contributed by atoms with Crippen molar-refractivity contribution in [2.45, 2.75) is 45.5 Å². The number of carbonyl (C=O) groups is 1. The zero-order valence-electron chi connectivity index (χ0n) is 14.2. The van der Waals surface area contributed by atoms with Gasteiger partial charge < -0.3 is 14.6 Å². The number of H-pyrrole nitrogens is 1. The number of aryl methyl sites for hydroxylation is 1. The molecule has 0 unspecified atom stereocenters. The molecule has 3 heterocycles. The van der Waals surface area contributed by atoms with Crippen LogP contribution in [-0.4, -0.2) is 77.1 Å². The molecule has 1 amide bonds. The number of nitrogens with one attached hydrogen (secondary N) is 1. The molecular weight excluding hydrogens is 332 g/mol. The number of aromatic nitrogens is 2. The fourth-order valence-electron chi connectivity index (χ4n) is 3.46. The molecule has 1 aromatic rings. The summed E-state index contributed by atoms with van der Waals surface area (Å²) in [4.78, 5) is 23.4. The molecule has 3 rings (SSSR count). The molecule has 0 spiro atoms. The van der Waals surface area contributed by atoms with Gasteiger partial charge in [-0.05, 0) is 20.8 Å². The number of amides is 1. The van der Waals surface area contributed by atoms with E-state index in [0.29, 0.717) is 19.6 Å². The average molecular weight is 356 g/mol. The van der Waals surface area contributed by atoms with E-state index in [1.54, 1.807) is 25.1 Å². The predicted octanol–water partition coefficient (Wildman–Crippen LogP) is 0.546. The van der Waals surface area contributed by atoms with Gasteiger partial charge in [0.2, 0.25) is 0 Å². The molecule has 2 saturated heterocycles. The molecule has 1 aromatic heterocycles. The fourth-order valence-corrected chi connectivity index (χ4v) is 5.47. The quantitative estimate of drug-likeness (QED) is 0.850. The number of rotatable bonds is 3. The van der Waals surface area contributed by atoms with E-state index >= 15 is 0 Å². The molecule has 2 aliphatic rings. The second-order valence-corrected chi connectivity index (χ2v) is 8.94. The summed E-state index contributed by atoms with van der Waals surface area (Å²) in [7, 11) is -3.17. The second kappa shape index (κ2) is 6.36. The van der Waals surface area contributed by atoms with Crippen LogP contribution in [0.5, 0.6) is 0 Å². The van der Waals surface area contributed by atoms with Crippen LogP contribution >= 0.6 is 0 Å². The lowest BCUT2D eigenvalue weighted by molar-refractivity contribution is 0.0159. The van der Waals surface area contributed by atoms with Crippen molar-refractivity contribution in [1.82, 2.24) is 19.8 Å². The maximum Gasteiger partial charge on any atom is 0.410 e. The zero-order chi connectivity index (χ0) is 17.5. The van der Waals surface area contributed by atoms with Crippen molar-refractivity contribution in [3.63, 3.8) is 0 Å². The van der Waals surface area contributed by atoms with Crippen LogP contribution in [0.1, 0.15) is 25.2 Å². The monoisotopic (exact) mass is 356 g/mol. The Hall–Kier alpha value is -1.61. The van der Waals surface area contributed by atoms with Crippen LogP contribution in [0.15, 0.2) is 6.33 Å². The molecule has 1 N–H and O–H groups in total. The predicted molar refractivity (Wildman–Crippen MR) is 88.3 cm³/mol. The van der Waals surface area contributed by atoms with Crippen LogP contribution in [0.25, 0.3) is 0 Å². The van der Waals surface area contributed by atoms with E-state index < -0.39 is 15.9 Å². The standard InChI is InChI=1S/C15H24N4O4S/c1-10(2)23-15(20)19-5-4-18(6-12-11(3)16-9-17-12)13-7-24(21,22)8-14(13)19/h9-10,13-14H,4-8H2,1-3H3,(H,16,17)/t13-,14+/m1/s1. The molecule has 2 atom stereocenters. The van der Waals surface area contributed by atoms with Gasteiger partial charge in [-0.1, -0.05) is 0 Å². The first-order valence-electron chi connectivity index (χ1n) is 8.17. The van der Waals surface area contributed by atoms with Crippen molar-refractivity contribution >= 4 is 15.9 Å². The van der Waals surface area contributed by atoms with Gasteiger partial charge >= 0.3 is 6.09 Å². The molecule has 0 bridgehead atoms. The Morgan fingerprint density at radius 3 is 2.71 bits per heavy atom. The van der Waals surface area contributed by atoms with Gasteiger partial charge in [0.25, 0.3) is 0 Å². The number of hydrogen-bond donors (Lipinski definition) is 1. The molecule has 0 saturated carbocycles. The molecule has 9 heteroatoms. The topological polar surface area (TPSA) is 95.6 Å². The zero-order valence-corrected chi connectivity index (χ0v) is 15.0. The van der Waals surface area contributed by atoms with Crippen LogP contribution < -0.4 is 0 Å². The lowest BCUT2D eigenvalue weighted by Gasteiger charge is -2.43. The molecule has 0 aliphatic carbocycles. The van der Waals surface area contributed by atoms with Crippen LogP contribution in [0, 0.1) is 6.92 Å². The highest BCUT2D eigenvalue weighted by Gasteiger charge is 2.48. The van der Waals surface area contributed by atoms with Crippen LogP contribution in [-0.2, 0) is 21.1 Å². The molecule has 134 valence electrons. The van der Waals surface area contributed by atoms with Gasteiger partial charge in [0.1, 0.15) is 0 Å². The number of piperazine rings is 1. The Morgan fingerprint density at radius 1 is 1.38 bits per heavy atom. The molecule has 0 radical (unpaired) electrons. The Morgan fingerprint density at radius 2 is 2.08 bits per heavy atom. The lowest BCUT2D eigenvalue weighted by atomic mass is 10.0. The summed E-state index contributed by atoms with van der Waals surface area (Å²) >= 11 is 0. The molecule has 8 nitrogen and oxygen atoms in total. The summed E-state index contributed by atoms with van der Waals surface area (Å²) in [6.45, 7) is 7.18. The second-order valence-electron chi connectivity index (χ2n) is 6.78. The molecule has 24 heavy (non-hydrogen) atoms.